The second kappa shape index (κ2) is 6.95. The Morgan fingerprint density at radius 3 is 2.18 bits per heavy atom. The van der Waals surface area contributed by atoms with Gasteiger partial charge in [0.15, 0.2) is 0 Å². The average molecular weight is 296 g/mol. The summed E-state index contributed by atoms with van der Waals surface area (Å²) in [4.78, 5) is 4.77. The summed E-state index contributed by atoms with van der Waals surface area (Å²) in [6.07, 6.45) is -0.396. The topological polar surface area (TPSA) is 26.7 Å². The Morgan fingerprint density at radius 1 is 0.909 bits per heavy atom. The summed E-state index contributed by atoms with van der Waals surface area (Å²) in [5.41, 5.74) is 3.60. The number of hydrogen-bond acceptors (Lipinski definition) is 3. The smallest absolute Gasteiger partial charge is 0.0916 e. The third-order valence-corrected chi connectivity index (χ3v) is 4.39. The average Bonchev–Trinajstić information content (AvgIpc) is 2.57. The molecule has 0 radical (unpaired) electrons. The highest BCUT2D eigenvalue weighted by Crippen LogP contribution is 2.19. The van der Waals surface area contributed by atoms with E-state index in [0.29, 0.717) is 6.54 Å². The molecule has 1 aliphatic heterocycles. The third-order valence-electron chi connectivity index (χ3n) is 4.39. The molecule has 0 bridgehead atoms. The molecule has 1 aliphatic rings. The van der Waals surface area contributed by atoms with Gasteiger partial charge in [-0.1, -0.05) is 48.0 Å². The van der Waals surface area contributed by atoms with Crippen LogP contribution < -0.4 is 4.90 Å². The van der Waals surface area contributed by atoms with Gasteiger partial charge in [0, 0.05) is 38.4 Å². The number of nitrogens with zero attached hydrogens (tertiary/aromatic N) is 2. The number of benzene rings is 2. The first-order chi connectivity index (χ1) is 10.7. The molecule has 3 heteroatoms. The van der Waals surface area contributed by atoms with Crippen molar-refractivity contribution in [1.82, 2.24) is 4.90 Å². The molecule has 1 unspecified atom stereocenters. The van der Waals surface area contributed by atoms with Gasteiger partial charge in [-0.2, -0.15) is 0 Å². The number of rotatable bonds is 4. The molecule has 1 atom stereocenters. The molecule has 0 amide bonds. The number of β-amino-alcohol motifs (C(OH)–C–C–N with tert-alkyl or cyclic N) is 1. The number of aliphatic hydroxyl groups excluding tert-OH is 1. The number of piperazine rings is 1. The molecule has 0 spiro atoms. The van der Waals surface area contributed by atoms with Crippen LogP contribution in [0.2, 0.25) is 0 Å². The minimum atomic E-state index is -0.396. The summed E-state index contributed by atoms with van der Waals surface area (Å²) in [6.45, 7) is 6.86. The number of aliphatic hydroxyl groups is 1. The highest BCUT2D eigenvalue weighted by molar-refractivity contribution is 5.47. The van der Waals surface area contributed by atoms with Gasteiger partial charge in [0.25, 0.3) is 0 Å². The van der Waals surface area contributed by atoms with Gasteiger partial charge in [0.1, 0.15) is 0 Å². The minimum Gasteiger partial charge on any atom is -0.387 e. The lowest BCUT2D eigenvalue weighted by molar-refractivity contribution is 0.109. The van der Waals surface area contributed by atoms with E-state index in [-0.39, 0.29) is 0 Å². The molecule has 22 heavy (non-hydrogen) atoms. The van der Waals surface area contributed by atoms with E-state index in [9.17, 15) is 5.11 Å². The second-order valence-corrected chi connectivity index (χ2v) is 6.05. The van der Waals surface area contributed by atoms with Crippen molar-refractivity contribution < 1.29 is 5.11 Å². The zero-order chi connectivity index (χ0) is 15.4. The Balaban J connectivity index is 1.52. The predicted molar refractivity (Wildman–Crippen MR) is 91.2 cm³/mol. The van der Waals surface area contributed by atoms with Gasteiger partial charge in [0.05, 0.1) is 6.10 Å². The lowest BCUT2D eigenvalue weighted by Gasteiger charge is -2.37. The zero-order valence-electron chi connectivity index (χ0n) is 13.2. The molecule has 1 fully saturated rings. The lowest BCUT2D eigenvalue weighted by Crippen LogP contribution is -2.47. The predicted octanol–water partition coefficient (Wildman–Crippen LogP) is 2.85. The van der Waals surface area contributed by atoms with Crippen molar-refractivity contribution in [3.05, 3.63) is 65.7 Å². The molecular formula is C19H24N2O. The summed E-state index contributed by atoms with van der Waals surface area (Å²) >= 11 is 0. The fourth-order valence-corrected chi connectivity index (χ4v) is 2.97. The fourth-order valence-electron chi connectivity index (χ4n) is 2.97. The van der Waals surface area contributed by atoms with Crippen molar-refractivity contribution in [3.8, 4) is 0 Å². The molecule has 0 saturated carbocycles. The van der Waals surface area contributed by atoms with Crippen LogP contribution in [0.25, 0.3) is 0 Å². The Morgan fingerprint density at radius 2 is 1.55 bits per heavy atom. The summed E-state index contributed by atoms with van der Waals surface area (Å²) < 4.78 is 0. The van der Waals surface area contributed by atoms with E-state index in [1.54, 1.807) is 0 Å². The van der Waals surface area contributed by atoms with Crippen molar-refractivity contribution in [2.24, 2.45) is 0 Å². The van der Waals surface area contributed by atoms with Gasteiger partial charge < -0.3 is 10.0 Å². The first-order valence-electron chi connectivity index (χ1n) is 7.99. The molecule has 1 saturated heterocycles. The van der Waals surface area contributed by atoms with Gasteiger partial charge in [-0.3, -0.25) is 4.90 Å². The maximum Gasteiger partial charge on any atom is 0.0916 e. The molecule has 116 valence electrons. The maximum absolute atomic E-state index is 10.3. The van der Waals surface area contributed by atoms with E-state index in [2.05, 4.69) is 41.0 Å². The Bertz CT molecular complexity index is 574. The standard InChI is InChI=1S/C19H24N2O/c1-16-7-9-18(10-8-16)21-13-11-20(12-14-21)15-19(22)17-5-3-2-4-6-17/h2-10,19,22H,11-15H2,1H3. The van der Waals surface area contributed by atoms with E-state index in [4.69, 9.17) is 0 Å². The van der Waals surface area contributed by atoms with Crippen molar-refractivity contribution in [1.29, 1.82) is 0 Å². The van der Waals surface area contributed by atoms with Crippen molar-refractivity contribution in [2.75, 3.05) is 37.6 Å². The molecule has 0 aromatic heterocycles. The van der Waals surface area contributed by atoms with Crippen LogP contribution in [0, 0.1) is 6.92 Å². The Labute approximate surface area is 132 Å². The van der Waals surface area contributed by atoms with Gasteiger partial charge in [0.2, 0.25) is 0 Å². The van der Waals surface area contributed by atoms with Gasteiger partial charge in [-0.05, 0) is 24.6 Å². The SMILES string of the molecule is Cc1ccc(N2CCN(CC(O)c3ccccc3)CC2)cc1. The highest BCUT2D eigenvalue weighted by Gasteiger charge is 2.19. The zero-order valence-corrected chi connectivity index (χ0v) is 13.2. The number of anilines is 1. The quantitative estimate of drug-likeness (QED) is 0.940. The summed E-state index contributed by atoms with van der Waals surface area (Å²) in [5.74, 6) is 0. The summed E-state index contributed by atoms with van der Waals surface area (Å²) in [7, 11) is 0. The van der Waals surface area contributed by atoms with Crippen LogP contribution in [0.15, 0.2) is 54.6 Å². The first-order valence-corrected chi connectivity index (χ1v) is 7.99. The summed E-state index contributed by atoms with van der Waals surface area (Å²) in [6, 6.07) is 18.7. The largest absolute Gasteiger partial charge is 0.387 e. The molecule has 3 rings (SSSR count). The molecule has 0 aliphatic carbocycles. The molecule has 2 aromatic carbocycles. The number of hydrogen-bond donors (Lipinski definition) is 1. The Kier molecular flexibility index (Phi) is 4.76. The van der Waals surface area contributed by atoms with Crippen LogP contribution in [0.5, 0.6) is 0 Å². The lowest BCUT2D eigenvalue weighted by atomic mass is 10.1. The van der Waals surface area contributed by atoms with E-state index < -0.39 is 6.10 Å². The molecule has 1 N–H and O–H groups in total. The van der Waals surface area contributed by atoms with Crippen LogP contribution >= 0.6 is 0 Å². The van der Waals surface area contributed by atoms with E-state index in [1.165, 1.54) is 11.3 Å². The molecule has 2 aromatic rings. The van der Waals surface area contributed by atoms with Gasteiger partial charge >= 0.3 is 0 Å². The highest BCUT2D eigenvalue weighted by atomic mass is 16.3. The van der Waals surface area contributed by atoms with Crippen molar-refractivity contribution >= 4 is 5.69 Å². The van der Waals surface area contributed by atoms with Gasteiger partial charge in [-0.15, -0.1) is 0 Å². The molecule has 3 nitrogen and oxygen atoms in total. The number of aryl methyl sites for hydroxylation is 1. The van der Waals surface area contributed by atoms with Gasteiger partial charge in [-0.25, -0.2) is 0 Å². The Hall–Kier alpha value is -1.84. The van der Waals surface area contributed by atoms with Crippen LogP contribution in [0.4, 0.5) is 5.69 Å². The second-order valence-electron chi connectivity index (χ2n) is 6.05. The fraction of sp³-hybridized carbons (Fsp3) is 0.368. The minimum absolute atomic E-state index is 0.396. The van der Waals surface area contributed by atoms with Crippen molar-refractivity contribution in [2.45, 2.75) is 13.0 Å². The van der Waals surface area contributed by atoms with E-state index >= 15 is 0 Å². The van der Waals surface area contributed by atoms with Crippen LogP contribution in [-0.4, -0.2) is 42.7 Å². The van der Waals surface area contributed by atoms with E-state index in [1.807, 2.05) is 30.3 Å². The van der Waals surface area contributed by atoms with E-state index in [0.717, 1.165) is 31.7 Å². The normalized spacial score (nSPS) is 17.5. The van der Waals surface area contributed by atoms with Crippen LogP contribution in [-0.2, 0) is 0 Å². The van der Waals surface area contributed by atoms with Crippen LogP contribution in [0.1, 0.15) is 17.2 Å². The summed E-state index contributed by atoms with van der Waals surface area (Å²) in [5, 5.41) is 10.3. The monoisotopic (exact) mass is 296 g/mol. The maximum atomic E-state index is 10.3. The first kappa shape index (κ1) is 15.1. The van der Waals surface area contributed by atoms with Crippen LogP contribution in [0.3, 0.4) is 0 Å². The molecule has 1 heterocycles. The van der Waals surface area contributed by atoms with Crippen molar-refractivity contribution in [3.63, 3.8) is 0 Å². The third kappa shape index (κ3) is 3.67. The molecular weight excluding hydrogens is 272 g/mol.